The Morgan fingerprint density at radius 3 is 3.00 bits per heavy atom. The first-order chi connectivity index (χ1) is 7.77. The molecule has 0 aromatic carbocycles. The lowest BCUT2D eigenvalue weighted by atomic mass is 10.3. The smallest absolute Gasteiger partial charge is 0.239 e. The monoisotopic (exact) mass is 261 g/mol. The van der Waals surface area contributed by atoms with E-state index in [4.69, 9.17) is 17.4 Å². The molecule has 0 aliphatic carbocycles. The summed E-state index contributed by atoms with van der Waals surface area (Å²) in [6.45, 7) is 0.849. The van der Waals surface area contributed by atoms with Crippen molar-refractivity contribution in [2.24, 2.45) is 5.84 Å². The third-order valence-electron chi connectivity index (χ3n) is 1.94. The summed E-state index contributed by atoms with van der Waals surface area (Å²) in [5.41, 5.74) is 2.38. The minimum atomic E-state index is 0.357. The average Bonchev–Trinajstić information content (AvgIpc) is 2.31. The van der Waals surface area contributed by atoms with Gasteiger partial charge in [0.25, 0.3) is 0 Å². The lowest BCUT2D eigenvalue weighted by molar-refractivity contribution is 0.839. The van der Waals surface area contributed by atoms with Gasteiger partial charge in [0.05, 0.1) is 6.20 Å². The molecule has 0 radical (unpaired) electrons. The molecule has 1 aromatic heterocycles. The highest BCUT2D eigenvalue weighted by atomic mass is 35.5. The number of hydrazine groups is 1. The molecule has 7 heteroatoms. The van der Waals surface area contributed by atoms with Crippen LogP contribution in [0.15, 0.2) is 6.20 Å². The Bertz CT molecular complexity index is 323. The first-order valence-corrected chi connectivity index (χ1v) is 6.77. The van der Waals surface area contributed by atoms with E-state index in [1.54, 1.807) is 0 Å². The third-order valence-corrected chi connectivity index (χ3v) is 2.91. The molecule has 0 atom stereocenters. The van der Waals surface area contributed by atoms with Gasteiger partial charge in [0.2, 0.25) is 5.95 Å². The fourth-order valence-corrected chi connectivity index (χ4v) is 1.79. The van der Waals surface area contributed by atoms with Crippen molar-refractivity contribution >= 4 is 35.1 Å². The van der Waals surface area contributed by atoms with Gasteiger partial charge in [-0.05, 0) is 24.9 Å². The summed E-state index contributed by atoms with van der Waals surface area (Å²) in [4.78, 5) is 8.01. The van der Waals surface area contributed by atoms with Crippen molar-refractivity contribution in [2.45, 2.75) is 12.8 Å². The Balaban J connectivity index is 2.40. The normalized spacial score (nSPS) is 10.2. The highest BCUT2D eigenvalue weighted by molar-refractivity contribution is 7.98. The van der Waals surface area contributed by atoms with Crippen molar-refractivity contribution in [2.75, 3.05) is 29.3 Å². The van der Waals surface area contributed by atoms with E-state index < -0.39 is 0 Å². The Morgan fingerprint density at radius 2 is 2.31 bits per heavy atom. The van der Waals surface area contributed by atoms with Crippen LogP contribution in [0, 0.1) is 0 Å². The topological polar surface area (TPSA) is 75.9 Å². The van der Waals surface area contributed by atoms with Crippen molar-refractivity contribution in [3.05, 3.63) is 11.2 Å². The predicted octanol–water partition coefficient (Wildman–Crippen LogP) is 1.97. The Labute approximate surface area is 105 Å². The zero-order valence-electron chi connectivity index (χ0n) is 9.16. The molecule has 0 saturated heterocycles. The number of rotatable bonds is 7. The van der Waals surface area contributed by atoms with Gasteiger partial charge in [-0.3, -0.25) is 5.43 Å². The molecule has 0 aliphatic heterocycles. The third kappa shape index (κ3) is 4.42. The van der Waals surface area contributed by atoms with Crippen LogP contribution >= 0.6 is 23.4 Å². The molecule has 0 unspecified atom stereocenters. The number of thioether (sulfide) groups is 1. The van der Waals surface area contributed by atoms with E-state index in [1.165, 1.54) is 18.4 Å². The van der Waals surface area contributed by atoms with Crippen LogP contribution in [0.25, 0.3) is 0 Å². The second kappa shape index (κ2) is 7.54. The van der Waals surface area contributed by atoms with Crippen molar-refractivity contribution < 1.29 is 0 Å². The zero-order valence-corrected chi connectivity index (χ0v) is 10.7. The van der Waals surface area contributed by atoms with E-state index >= 15 is 0 Å². The molecule has 0 bridgehead atoms. The van der Waals surface area contributed by atoms with Crippen LogP contribution in [-0.2, 0) is 0 Å². The molecule has 0 saturated carbocycles. The van der Waals surface area contributed by atoms with Crippen LogP contribution in [0.1, 0.15) is 12.8 Å². The molecule has 90 valence electrons. The highest BCUT2D eigenvalue weighted by Crippen LogP contribution is 2.18. The van der Waals surface area contributed by atoms with Gasteiger partial charge in [-0.25, -0.2) is 10.8 Å². The quantitative estimate of drug-likeness (QED) is 0.396. The SMILES string of the molecule is CSCCCCNc1nc(NN)ncc1Cl. The molecule has 1 rings (SSSR count). The highest BCUT2D eigenvalue weighted by Gasteiger charge is 2.03. The second-order valence-electron chi connectivity index (χ2n) is 3.16. The summed E-state index contributed by atoms with van der Waals surface area (Å²) >= 11 is 7.78. The number of hydrogen-bond acceptors (Lipinski definition) is 6. The van der Waals surface area contributed by atoms with E-state index in [1.807, 2.05) is 11.8 Å². The van der Waals surface area contributed by atoms with Gasteiger partial charge in [0.15, 0.2) is 5.82 Å². The number of nitrogen functional groups attached to an aromatic ring is 1. The summed E-state index contributed by atoms with van der Waals surface area (Å²) in [5.74, 6) is 7.37. The van der Waals surface area contributed by atoms with Crippen LogP contribution in [0.2, 0.25) is 5.02 Å². The summed E-state index contributed by atoms with van der Waals surface area (Å²) < 4.78 is 0. The number of aromatic nitrogens is 2. The van der Waals surface area contributed by atoms with Crippen molar-refractivity contribution in [3.8, 4) is 0 Å². The Morgan fingerprint density at radius 1 is 1.50 bits per heavy atom. The molecule has 1 heterocycles. The minimum absolute atomic E-state index is 0.357. The van der Waals surface area contributed by atoms with E-state index in [9.17, 15) is 0 Å². The minimum Gasteiger partial charge on any atom is -0.369 e. The van der Waals surface area contributed by atoms with Gasteiger partial charge in [0, 0.05) is 6.54 Å². The van der Waals surface area contributed by atoms with E-state index in [0.29, 0.717) is 16.8 Å². The number of unbranched alkanes of at least 4 members (excludes halogenated alkanes) is 1. The first-order valence-electron chi connectivity index (χ1n) is 5.00. The van der Waals surface area contributed by atoms with E-state index in [2.05, 4.69) is 27.0 Å². The van der Waals surface area contributed by atoms with Gasteiger partial charge >= 0.3 is 0 Å². The van der Waals surface area contributed by atoms with Gasteiger partial charge in [-0.2, -0.15) is 16.7 Å². The van der Waals surface area contributed by atoms with Crippen LogP contribution < -0.4 is 16.6 Å². The molecule has 4 N–H and O–H groups in total. The molecular weight excluding hydrogens is 246 g/mol. The Hall–Kier alpha value is -0.720. The molecule has 0 fully saturated rings. The maximum Gasteiger partial charge on any atom is 0.239 e. The molecular formula is C9H16ClN5S. The fourth-order valence-electron chi connectivity index (χ4n) is 1.14. The molecule has 0 amide bonds. The Kier molecular flexibility index (Phi) is 6.29. The standard InChI is InChI=1S/C9H16ClN5S/c1-16-5-3-2-4-12-8-7(10)6-13-9(14-8)15-11/h6H,2-5,11H2,1H3,(H2,12,13,14,15). The number of nitrogens with two attached hydrogens (primary N) is 1. The largest absolute Gasteiger partial charge is 0.369 e. The maximum absolute atomic E-state index is 5.93. The lowest BCUT2D eigenvalue weighted by Crippen LogP contribution is -2.12. The summed E-state index contributed by atoms with van der Waals surface area (Å²) in [7, 11) is 0. The molecule has 16 heavy (non-hydrogen) atoms. The van der Waals surface area contributed by atoms with Crippen molar-refractivity contribution in [1.29, 1.82) is 0 Å². The number of hydrogen-bond donors (Lipinski definition) is 3. The van der Waals surface area contributed by atoms with Crippen LogP contribution in [0.4, 0.5) is 11.8 Å². The lowest BCUT2D eigenvalue weighted by Gasteiger charge is -2.08. The summed E-state index contributed by atoms with van der Waals surface area (Å²) in [6, 6.07) is 0. The van der Waals surface area contributed by atoms with Crippen LogP contribution in [0.3, 0.4) is 0 Å². The van der Waals surface area contributed by atoms with Crippen LogP contribution in [0.5, 0.6) is 0 Å². The van der Waals surface area contributed by atoms with Crippen molar-refractivity contribution in [3.63, 3.8) is 0 Å². The van der Waals surface area contributed by atoms with Gasteiger partial charge in [-0.1, -0.05) is 11.6 Å². The maximum atomic E-state index is 5.93. The molecule has 1 aromatic rings. The number of halogens is 1. The fraction of sp³-hybridized carbons (Fsp3) is 0.556. The van der Waals surface area contributed by atoms with E-state index in [-0.39, 0.29) is 0 Å². The van der Waals surface area contributed by atoms with Gasteiger partial charge in [0.1, 0.15) is 5.02 Å². The molecule has 0 spiro atoms. The van der Waals surface area contributed by atoms with Gasteiger partial charge in [-0.15, -0.1) is 0 Å². The van der Waals surface area contributed by atoms with Gasteiger partial charge < -0.3 is 5.32 Å². The van der Waals surface area contributed by atoms with Crippen LogP contribution in [-0.4, -0.2) is 28.5 Å². The van der Waals surface area contributed by atoms with Crippen molar-refractivity contribution in [1.82, 2.24) is 9.97 Å². The summed E-state index contributed by atoms with van der Waals surface area (Å²) in [6.07, 6.45) is 5.90. The zero-order chi connectivity index (χ0) is 11.8. The number of nitrogens with zero attached hydrogens (tertiary/aromatic N) is 2. The molecule has 5 nitrogen and oxygen atoms in total. The second-order valence-corrected chi connectivity index (χ2v) is 4.55. The average molecular weight is 262 g/mol. The number of anilines is 2. The first kappa shape index (κ1) is 13.3. The summed E-state index contributed by atoms with van der Waals surface area (Å²) in [5, 5.41) is 3.66. The predicted molar refractivity (Wildman–Crippen MR) is 71.0 cm³/mol. The van der Waals surface area contributed by atoms with E-state index in [0.717, 1.165) is 13.0 Å². The molecule has 0 aliphatic rings. The number of nitrogens with one attached hydrogen (secondary N) is 2.